The number of rotatable bonds is 41. The van der Waals surface area contributed by atoms with E-state index in [9.17, 15) is 63.1 Å². The van der Waals surface area contributed by atoms with Gasteiger partial charge < -0.3 is 49.3 Å². The Morgan fingerprint density at radius 1 is 0.478 bits per heavy atom. The lowest BCUT2D eigenvalue weighted by Crippen LogP contribution is -2.65. The van der Waals surface area contributed by atoms with Crippen LogP contribution in [0.4, 0.5) is 0 Å². The highest BCUT2D eigenvalue weighted by Gasteiger charge is 2.56. The van der Waals surface area contributed by atoms with E-state index in [0.29, 0.717) is 12.8 Å². The van der Waals surface area contributed by atoms with Crippen LogP contribution >= 0.6 is 23.5 Å². The normalized spacial score (nSPS) is 21.8. The van der Waals surface area contributed by atoms with Crippen LogP contribution in [-0.4, -0.2) is 108 Å². The van der Waals surface area contributed by atoms with E-state index in [1.165, 1.54) is 44.9 Å². The monoisotopic (exact) mass is 1040 g/mol. The number of carbonyl (C=O) groups excluding carboxylic acids is 2. The molecule has 8 atom stereocenters. The van der Waals surface area contributed by atoms with Gasteiger partial charge in [0.15, 0.2) is 6.10 Å². The van der Waals surface area contributed by atoms with Crippen molar-refractivity contribution in [3.05, 3.63) is 60.8 Å². The summed E-state index contributed by atoms with van der Waals surface area (Å²) in [7, 11) is -16.6. The Morgan fingerprint density at radius 3 is 1.36 bits per heavy atom. The summed E-state index contributed by atoms with van der Waals surface area (Å²) >= 11 is 0. The average molecular weight is 1050 g/mol. The number of aliphatic hydroxyl groups is 3. The van der Waals surface area contributed by atoms with Crippen LogP contribution in [0.5, 0.6) is 0 Å². The molecule has 19 nitrogen and oxygen atoms in total. The van der Waals surface area contributed by atoms with E-state index in [0.717, 1.165) is 83.5 Å². The van der Waals surface area contributed by atoms with Crippen LogP contribution in [-0.2, 0) is 50.9 Å². The highest BCUT2D eigenvalue weighted by Crippen LogP contribution is 2.51. The number of carbonyl (C=O) groups is 2. The van der Waals surface area contributed by atoms with Crippen LogP contribution in [0.1, 0.15) is 168 Å². The molecule has 1 rings (SSSR count). The van der Waals surface area contributed by atoms with Gasteiger partial charge in [-0.05, 0) is 57.8 Å². The van der Waals surface area contributed by atoms with Crippen LogP contribution in [0.3, 0.4) is 0 Å². The predicted octanol–water partition coefficient (Wildman–Crippen LogP) is 9.18. The Morgan fingerprint density at radius 2 is 0.884 bits per heavy atom. The van der Waals surface area contributed by atoms with Gasteiger partial charge in [0, 0.05) is 12.8 Å². The number of phosphoric acid groups is 3. The van der Waals surface area contributed by atoms with Gasteiger partial charge in [0.25, 0.3) is 0 Å². The van der Waals surface area contributed by atoms with Crippen molar-refractivity contribution in [1.82, 2.24) is 0 Å². The summed E-state index contributed by atoms with van der Waals surface area (Å²) in [6.45, 7) is 2.80. The molecule has 1 aliphatic rings. The minimum Gasteiger partial charge on any atom is -0.462 e. The minimum atomic E-state index is -5.61. The van der Waals surface area contributed by atoms with E-state index >= 15 is 0 Å². The lowest BCUT2D eigenvalue weighted by Gasteiger charge is -2.44. The van der Waals surface area contributed by atoms with Gasteiger partial charge in [-0.1, -0.05) is 158 Å². The average Bonchev–Trinajstić information content (AvgIpc) is 3.28. The molecule has 1 fully saturated rings. The van der Waals surface area contributed by atoms with Gasteiger partial charge in [0.05, 0.1) is 6.61 Å². The molecule has 0 aliphatic heterocycles. The first-order chi connectivity index (χ1) is 32.8. The molecule has 0 radical (unpaired) electrons. The highest BCUT2D eigenvalue weighted by molar-refractivity contribution is 7.47. The molecule has 0 aromatic heterocycles. The van der Waals surface area contributed by atoms with Crippen molar-refractivity contribution in [2.75, 3.05) is 13.2 Å². The third-order valence-corrected chi connectivity index (χ3v) is 12.9. The third kappa shape index (κ3) is 34.8. The summed E-state index contributed by atoms with van der Waals surface area (Å²) in [6.07, 6.45) is 26.6. The van der Waals surface area contributed by atoms with Crippen molar-refractivity contribution in [2.45, 2.75) is 211 Å². The Balaban J connectivity index is 2.72. The Labute approximate surface area is 409 Å². The van der Waals surface area contributed by atoms with E-state index in [-0.39, 0.29) is 12.8 Å². The molecule has 22 heteroatoms. The van der Waals surface area contributed by atoms with E-state index in [1.807, 2.05) is 0 Å². The number of allylic oxidation sites excluding steroid dienone is 10. The SMILES string of the molecule is CCC=CCC=CCC=CCC=CCC=CCCCCCC(=O)OC[C@H](COP(=O)(O)O[C@H]1C(O)C(O)C(OP(=O)(O)O)[C@@H](OP(=O)(O)O)C1O)OC(=O)CCCCCCCCCCCCCCC. The second-order valence-corrected chi connectivity index (χ2v) is 20.8. The number of unbranched alkanes of at least 4 members (excludes halogenated alkanes) is 15. The van der Waals surface area contributed by atoms with Crippen LogP contribution in [0.25, 0.3) is 0 Å². The first kappa shape index (κ1) is 64.9. The van der Waals surface area contributed by atoms with Gasteiger partial charge in [-0.25, -0.2) is 13.7 Å². The Hall–Kier alpha value is -2.15. The topological polar surface area (TPSA) is 303 Å². The number of phosphoric ester groups is 3. The molecule has 0 amide bonds. The van der Waals surface area contributed by atoms with Crippen LogP contribution < -0.4 is 0 Å². The van der Waals surface area contributed by atoms with Gasteiger partial charge in [-0.2, -0.15) is 0 Å². The van der Waals surface area contributed by atoms with Crippen molar-refractivity contribution < 1.29 is 90.6 Å². The maximum atomic E-state index is 13.1. The van der Waals surface area contributed by atoms with Gasteiger partial charge in [0.1, 0.15) is 43.2 Å². The van der Waals surface area contributed by atoms with Crippen molar-refractivity contribution in [2.24, 2.45) is 0 Å². The number of ether oxygens (including phenoxy) is 2. The molecule has 69 heavy (non-hydrogen) atoms. The van der Waals surface area contributed by atoms with E-state index in [2.05, 4.69) is 83.7 Å². The molecule has 1 aliphatic carbocycles. The largest absolute Gasteiger partial charge is 0.472 e. The second-order valence-electron chi connectivity index (χ2n) is 17.0. The molecule has 0 spiro atoms. The Bertz CT molecular complexity index is 1670. The van der Waals surface area contributed by atoms with Crippen molar-refractivity contribution >= 4 is 35.4 Å². The molecule has 5 unspecified atom stereocenters. The van der Waals surface area contributed by atoms with Crippen molar-refractivity contribution in [3.8, 4) is 0 Å². The second kappa shape index (κ2) is 38.5. The fraction of sp³-hybridized carbons (Fsp3) is 0.745. The highest BCUT2D eigenvalue weighted by atomic mass is 31.2. The number of aliphatic hydroxyl groups excluding tert-OH is 3. The molecule has 1 saturated carbocycles. The molecule has 8 N–H and O–H groups in total. The van der Waals surface area contributed by atoms with Crippen molar-refractivity contribution in [3.63, 3.8) is 0 Å². The lowest BCUT2D eigenvalue weighted by molar-refractivity contribution is -0.213. The maximum absolute atomic E-state index is 13.1. The molecule has 400 valence electrons. The molecule has 0 bridgehead atoms. The molecule has 0 aromatic rings. The van der Waals surface area contributed by atoms with E-state index in [1.54, 1.807) is 0 Å². The minimum absolute atomic E-state index is 0.00939. The van der Waals surface area contributed by atoms with E-state index in [4.69, 9.17) is 18.5 Å². The summed E-state index contributed by atoms with van der Waals surface area (Å²) in [6, 6.07) is 0. The number of hydrogen-bond donors (Lipinski definition) is 8. The van der Waals surface area contributed by atoms with E-state index < -0.39 is 91.3 Å². The quantitative estimate of drug-likeness (QED) is 0.0122. The predicted molar refractivity (Wildman–Crippen MR) is 261 cm³/mol. The molecule has 0 heterocycles. The summed E-state index contributed by atoms with van der Waals surface area (Å²) < 4.78 is 65.5. The fourth-order valence-corrected chi connectivity index (χ4v) is 9.29. The lowest BCUT2D eigenvalue weighted by atomic mass is 9.85. The smallest absolute Gasteiger partial charge is 0.462 e. The fourth-order valence-electron chi connectivity index (χ4n) is 7.20. The molecule has 0 aromatic carbocycles. The third-order valence-electron chi connectivity index (χ3n) is 10.8. The van der Waals surface area contributed by atoms with Gasteiger partial charge in [-0.3, -0.25) is 27.7 Å². The van der Waals surface area contributed by atoms with Crippen LogP contribution in [0.2, 0.25) is 0 Å². The molecule has 0 saturated heterocycles. The van der Waals surface area contributed by atoms with Crippen LogP contribution in [0.15, 0.2) is 60.8 Å². The van der Waals surface area contributed by atoms with Gasteiger partial charge >= 0.3 is 35.4 Å². The first-order valence-electron chi connectivity index (χ1n) is 24.6. The summed E-state index contributed by atoms with van der Waals surface area (Å²) in [5.41, 5.74) is 0. The summed E-state index contributed by atoms with van der Waals surface area (Å²) in [5, 5.41) is 31.9. The maximum Gasteiger partial charge on any atom is 0.472 e. The van der Waals surface area contributed by atoms with Crippen molar-refractivity contribution in [1.29, 1.82) is 0 Å². The standard InChI is InChI=1S/C47H83O19P3/c1-3-5-7-9-11-13-15-17-18-19-20-21-22-24-25-27-29-31-33-35-40(48)61-37-39(63-41(49)36-34-32-30-28-26-23-16-14-12-10-8-6-4-2)38-62-69(59,60)66-45-42(50)43(51)46(64-67(53,54)55)47(44(45)52)65-68(56,57)58/h5,7,11,13,17-18,20-21,24-25,39,42-47,50-52H,3-4,6,8-10,12,14-16,19,22-23,26-38H2,1-2H3,(H,59,60)(H2,53,54,55)(H2,56,57,58)/t39-,42?,43?,44?,45+,46?,47+/m1/s1. The number of esters is 2. The number of hydrogen-bond acceptors (Lipinski definition) is 14. The summed E-state index contributed by atoms with van der Waals surface area (Å²) in [4.78, 5) is 73.2. The molecular weight excluding hydrogens is 961 g/mol. The molecular formula is C47H83O19P3. The Kier molecular flexibility index (Phi) is 36.2. The van der Waals surface area contributed by atoms with Crippen LogP contribution in [0, 0.1) is 0 Å². The first-order valence-corrected chi connectivity index (χ1v) is 29.1. The summed E-state index contributed by atoms with van der Waals surface area (Å²) in [5.74, 6) is -1.34. The zero-order chi connectivity index (χ0) is 51.4. The van der Waals surface area contributed by atoms with Gasteiger partial charge in [0.2, 0.25) is 0 Å². The zero-order valence-corrected chi connectivity index (χ0v) is 43.3. The zero-order valence-electron chi connectivity index (χ0n) is 40.6. The van der Waals surface area contributed by atoms with Gasteiger partial charge in [-0.15, -0.1) is 0 Å².